The van der Waals surface area contributed by atoms with Crippen LogP contribution in [-0.2, 0) is 0 Å². The summed E-state index contributed by atoms with van der Waals surface area (Å²) >= 11 is 23.9. The van der Waals surface area contributed by atoms with Crippen LogP contribution >= 0.6 is 62.1 Å². The molecule has 0 saturated heterocycles. The Morgan fingerprint density at radius 3 is 2.53 bits per heavy atom. The average Bonchev–Trinajstić information content (AvgIpc) is 2.68. The number of ether oxygens (including phenoxy) is 1. The van der Waals surface area contributed by atoms with Crippen molar-refractivity contribution in [2.45, 2.75) is 12.3 Å². The van der Waals surface area contributed by atoms with Gasteiger partial charge in [-0.15, -0.1) is 22.9 Å². The maximum Gasteiger partial charge on any atom is 0.138 e. The molecule has 0 fully saturated rings. The highest BCUT2D eigenvalue weighted by atomic mass is 79.9. The van der Waals surface area contributed by atoms with Gasteiger partial charge in [0.1, 0.15) is 5.75 Å². The number of hydrogen-bond acceptors (Lipinski definition) is 2. The van der Waals surface area contributed by atoms with E-state index in [0.717, 1.165) is 20.5 Å². The molecule has 1 aromatic heterocycles. The fraction of sp³-hybridized carbons (Fsp3) is 0.231. The minimum absolute atomic E-state index is 0.392. The summed E-state index contributed by atoms with van der Waals surface area (Å²) in [6.45, 7) is 1.96. The van der Waals surface area contributed by atoms with Crippen molar-refractivity contribution in [2.24, 2.45) is 0 Å². The van der Waals surface area contributed by atoms with Crippen LogP contribution < -0.4 is 4.74 Å². The molecule has 0 saturated carbocycles. The zero-order chi connectivity index (χ0) is 14.2. The van der Waals surface area contributed by atoms with Gasteiger partial charge in [-0.2, -0.15) is 0 Å². The Balaban J connectivity index is 2.55. The molecular weight excluding hydrogens is 390 g/mol. The SMILES string of the molecule is COc1c(Br)cc(Cl)cc1C(Cl)c1scc(C)c1Cl. The van der Waals surface area contributed by atoms with Crippen LogP contribution in [0, 0.1) is 6.92 Å². The Morgan fingerprint density at radius 1 is 1.32 bits per heavy atom. The molecule has 0 aliphatic heterocycles. The summed E-state index contributed by atoms with van der Waals surface area (Å²) in [4.78, 5) is 0.897. The topological polar surface area (TPSA) is 9.23 Å². The van der Waals surface area contributed by atoms with Crippen LogP contribution in [0.15, 0.2) is 22.0 Å². The zero-order valence-electron chi connectivity index (χ0n) is 10.1. The maximum absolute atomic E-state index is 6.54. The first kappa shape index (κ1) is 15.5. The van der Waals surface area contributed by atoms with Gasteiger partial charge in [-0.3, -0.25) is 0 Å². The van der Waals surface area contributed by atoms with Gasteiger partial charge in [-0.05, 0) is 45.9 Å². The molecule has 0 aliphatic rings. The number of halogens is 4. The Bertz CT molecular complexity index is 612. The van der Waals surface area contributed by atoms with Crippen LogP contribution in [0.5, 0.6) is 5.75 Å². The van der Waals surface area contributed by atoms with Crippen LogP contribution in [0.4, 0.5) is 0 Å². The third-order valence-corrected chi connectivity index (χ3v) is 5.84. The van der Waals surface area contributed by atoms with Gasteiger partial charge >= 0.3 is 0 Å². The van der Waals surface area contributed by atoms with Crippen molar-refractivity contribution in [1.29, 1.82) is 0 Å². The summed E-state index contributed by atoms with van der Waals surface area (Å²) < 4.78 is 6.16. The van der Waals surface area contributed by atoms with Gasteiger partial charge in [0.2, 0.25) is 0 Å². The van der Waals surface area contributed by atoms with Gasteiger partial charge in [-0.25, -0.2) is 0 Å². The molecule has 2 aromatic rings. The van der Waals surface area contributed by atoms with Crippen molar-refractivity contribution in [3.63, 3.8) is 0 Å². The van der Waals surface area contributed by atoms with Gasteiger partial charge in [0.05, 0.1) is 22.0 Å². The Morgan fingerprint density at radius 2 is 2.00 bits per heavy atom. The van der Waals surface area contributed by atoms with Crippen molar-refractivity contribution in [1.82, 2.24) is 0 Å². The van der Waals surface area contributed by atoms with Crippen LogP contribution in [0.3, 0.4) is 0 Å². The quantitative estimate of drug-likeness (QED) is 0.537. The molecule has 1 atom stereocenters. The summed E-state index contributed by atoms with van der Waals surface area (Å²) in [5, 5.41) is 2.89. The molecule has 0 N–H and O–H groups in total. The van der Waals surface area contributed by atoms with Crippen LogP contribution in [-0.4, -0.2) is 7.11 Å². The molecule has 1 heterocycles. The van der Waals surface area contributed by atoms with E-state index in [2.05, 4.69) is 15.9 Å². The van der Waals surface area contributed by atoms with Crippen molar-refractivity contribution in [3.8, 4) is 5.75 Å². The molecule has 1 unspecified atom stereocenters. The first-order valence-corrected chi connectivity index (χ1v) is 8.22. The van der Waals surface area contributed by atoms with E-state index in [9.17, 15) is 0 Å². The van der Waals surface area contributed by atoms with Crippen LogP contribution in [0.1, 0.15) is 21.4 Å². The second kappa shape index (κ2) is 6.23. The molecule has 19 heavy (non-hydrogen) atoms. The Hall–Kier alpha value is 0.0700. The van der Waals surface area contributed by atoms with Crippen molar-refractivity contribution in [2.75, 3.05) is 7.11 Å². The van der Waals surface area contributed by atoms with Gasteiger partial charge in [0, 0.05) is 15.5 Å². The van der Waals surface area contributed by atoms with Crippen molar-refractivity contribution in [3.05, 3.63) is 48.0 Å². The molecule has 0 spiro atoms. The molecule has 0 aliphatic carbocycles. The third kappa shape index (κ3) is 3.06. The van der Waals surface area contributed by atoms with Gasteiger partial charge < -0.3 is 4.74 Å². The van der Waals surface area contributed by atoms with E-state index in [1.54, 1.807) is 19.2 Å². The first-order chi connectivity index (χ1) is 8.95. The molecule has 6 heteroatoms. The maximum atomic E-state index is 6.54. The van der Waals surface area contributed by atoms with Crippen molar-refractivity contribution >= 4 is 62.1 Å². The third-order valence-electron chi connectivity index (χ3n) is 2.67. The number of alkyl halides is 1. The largest absolute Gasteiger partial charge is 0.495 e. The van der Waals surface area contributed by atoms with Gasteiger partial charge in [-0.1, -0.05) is 23.2 Å². The fourth-order valence-electron chi connectivity index (χ4n) is 1.75. The van der Waals surface area contributed by atoms with E-state index in [0.29, 0.717) is 15.8 Å². The zero-order valence-corrected chi connectivity index (χ0v) is 14.8. The van der Waals surface area contributed by atoms with Crippen molar-refractivity contribution < 1.29 is 4.74 Å². The number of hydrogen-bond donors (Lipinski definition) is 0. The second-order valence-corrected chi connectivity index (χ2v) is 6.99. The van der Waals surface area contributed by atoms with Crippen LogP contribution in [0.2, 0.25) is 10.0 Å². The molecule has 0 bridgehead atoms. The van der Waals surface area contributed by atoms with E-state index in [-0.39, 0.29) is 0 Å². The highest BCUT2D eigenvalue weighted by Crippen LogP contribution is 2.45. The van der Waals surface area contributed by atoms with E-state index in [4.69, 9.17) is 39.5 Å². The number of aryl methyl sites for hydroxylation is 1. The summed E-state index contributed by atoms with van der Waals surface area (Å²) in [6, 6.07) is 3.57. The Labute approximate surface area is 139 Å². The Kier molecular flexibility index (Phi) is 5.07. The summed E-state index contributed by atoms with van der Waals surface area (Å²) in [7, 11) is 1.60. The lowest BCUT2D eigenvalue weighted by atomic mass is 10.1. The highest BCUT2D eigenvalue weighted by molar-refractivity contribution is 9.10. The lowest BCUT2D eigenvalue weighted by molar-refractivity contribution is 0.407. The average molecular weight is 401 g/mol. The van der Waals surface area contributed by atoms with E-state index < -0.39 is 5.38 Å². The number of methoxy groups -OCH3 is 1. The molecule has 1 nitrogen and oxygen atoms in total. The van der Waals surface area contributed by atoms with Gasteiger partial charge in [0.15, 0.2) is 0 Å². The summed E-state index contributed by atoms with van der Waals surface area (Å²) in [5.41, 5.74) is 1.82. The molecule has 0 amide bonds. The smallest absolute Gasteiger partial charge is 0.138 e. The molecular formula is C13H10BrCl3OS. The minimum Gasteiger partial charge on any atom is -0.495 e. The van der Waals surface area contributed by atoms with E-state index >= 15 is 0 Å². The first-order valence-electron chi connectivity index (χ1n) is 5.36. The minimum atomic E-state index is -0.392. The predicted molar refractivity (Wildman–Crippen MR) is 87.5 cm³/mol. The molecule has 102 valence electrons. The number of benzene rings is 1. The fourth-order valence-corrected chi connectivity index (χ4v) is 4.52. The van der Waals surface area contributed by atoms with E-state index in [1.807, 2.05) is 12.3 Å². The van der Waals surface area contributed by atoms with E-state index in [1.165, 1.54) is 11.3 Å². The summed E-state index contributed by atoms with van der Waals surface area (Å²) in [5.74, 6) is 0.673. The standard InChI is InChI=1S/C13H10BrCl3OS/c1-6-5-19-13(10(6)16)11(17)8-3-7(15)4-9(14)12(8)18-2/h3-5,11H,1-2H3. The summed E-state index contributed by atoms with van der Waals surface area (Å²) in [6.07, 6.45) is 0. The lowest BCUT2D eigenvalue weighted by Crippen LogP contribution is -1.97. The molecule has 0 radical (unpaired) electrons. The molecule has 2 rings (SSSR count). The molecule has 1 aromatic carbocycles. The number of thiophene rings is 1. The highest BCUT2D eigenvalue weighted by Gasteiger charge is 2.23. The lowest BCUT2D eigenvalue weighted by Gasteiger charge is -2.15. The van der Waals surface area contributed by atoms with Crippen LogP contribution in [0.25, 0.3) is 0 Å². The second-order valence-electron chi connectivity index (χ2n) is 3.97. The van der Waals surface area contributed by atoms with Gasteiger partial charge in [0.25, 0.3) is 0 Å². The number of rotatable bonds is 3. The normalized spacial score (nSPS) is 12.5. The predicted octanol–water partition coefficient (Wildman–Crippen LogP) is 6.46. The monoisotopic (exact) mass is 398 g/mol.